The van der Waals surface area contributed by atoms with Gasteiger partial charge in [-0.25, -0.2) is 0 Å². The lowest BCUT2D eigenvalue weighted by molar-refractivity contribution is 0.0989. The van der Waals surface area contributed by atoms with E-state index in [9.17, 15) is 4.79 Å². The zero-order valence-electron chi connectivity index (χ0n) is 14.2. The molecule has 124 valence electrons. The van der Waals surface area contributed by atoms with Gasteiger partial charge < -0.3 is 4.90 Å². The SMILES string of the molecule is C=CCN(C(=O)c1ccc(-c2ccccc2)nc1C)c1ccccc1. The quantitative estimate of drug-likeness (QED) is 0.625. The summed E-state index contributed by atoms with van der Waals surface area (Å²) in [6, 6.07) is 23.3. The maximum absolute atomic E-state index is 13.0. The fourth-order valence-corrected chi connectivity index (χ4v) is 2.74. The number of pyridine rings is 1. The fraction of sp³-hybridized carbons (Fsp3) is 0.0909. The highest BCUT2D eigenvalue weighted by atomic mass is 16.2. The number of anilines is 1. The number of amides is 1. The normalized spacial score (nSPS) is 10.3. The molecule has 3 aromatic rings. The third-order valence-electron chi connectivity index (χ3n) is 4.01. The van der Waals surface area contributed by atoms with Gasteiger partial charge in [0.25, 0.3) is 5.91 Å². The topological polar surface area (TPSA) is 33.2 Å². The van der Waals surface area contributed by atoms with Crippen molar-refractivity contribution in [2.24, 2.45) is 0 Å². The lowest BCUT2D eigenvalue weighted by atomic mass is 10.1. The summed E-state index contributed by atoms with van der Waals surface area (Å²) in [5, 5.41) is 0. The van der Waals surface area contributed by atoms with E-state index in [2.05, 4.69) is 11.6 Å². The van der Waals surface area contributed by atoms with Crippen molar-refractivity contribution in [2.75, 3.05) is 11.4 Å². The third-order valence-corrected chi connectivity index (χ3v) is 4.01. The Bertz CT molecular complexity index is 873. The van der Waals surface area contributed by atoms with Gasteiger partial charge in [0.2, 0.25) is 0 Å². The molecule has 2 aromatic carbocycles. The van der Waals surface area contributed by atoms with E-state index in [0.717, 1.165) is 22.6 Å². The number of aryl methyl sites for hydroxylation is 1. The number of aromatic nitrogens is 1. The molecule has 0 spiro atoms. The first-order valence-corrected chi connectivity index (χ1v) is 8.21. The van der Waals surface area contributed by atoms with Crippen molar-refractivity contribution in [3.05, 3.63) is 96.7 Å². The van der Waals surface area contributed by atoms with Crippen molar-refractivity contribution in [3.63, 3.8) is 0 Å². The lowest BCUT2D eigenvalue weighted by Crippen LogP contribution is -2.31. The van der Waals surface area contributed by atoms with E-state index in [-0.39, 0.29) is 5.91 Å². The Balaban J connectivity index is 1.94. The maximum atomic E-state index is 13.0. The Morgan fingerprint density at radius 3 is 2.24 bits per heavy atom. The van der Waals surface area contributed by atoms with Gasteiger partial charge in [-0.15, -0.1) is 6.58 Å². The molecule has 1 aromatic heterocycles. The van der Waals surface area contributed by atoms with Crippen LogP contribution in [-0.4, -0.2) is 17.4 Å². The summed E-state index contributed by atoms with van der Waals surface area (Å²) in [6.07, 6.45) is 1.73. The van der Waals surface area contributed by atoms with Crippen molar-refractivity contribution in [1.29, 1.82) is 0 Å². The monoisotopic (exact) mass is 328 g/mol. The maximum Gasteiger partial charge on any atom is 0.260 e. The van der Waals surface area contributed by atoms with Crippen molar-refractivity contribution in [1.82, 2.24) is 4.98 Å². The second kappa shape index (κ2) is 7.58. The second-order valence-electron chi connectivity index (χ2n) is 5.74. The predicted octanol–water partition coefficient (Wildman–Crippen LogP) is 4.89. The summed E-state index contributed by atoms with van der Waals surface area (Å²) in [4.78, 5) is 19.4. The van der Waals surface area contributed by atoms with E-state index >= 15 is 0 Å². The Morgan fingerprint density at radius 1 is 1.00 bits per heavy atom. The van der Waals surface area contributed by atoms with Crippen LogP contribution in [-0.2, 0) is 0 Å². The van der Waals surface area contributed by atoms with Gasteiger partial charge in [-0.2, -0.15) is 0 Å². The first-order valence-electron chi connectivity index (χ1n) is 8.21. The fourth-order valence-electron chi connectivity index (χ4n) is 2.74. The number of nitrogens with zero attached hydrogens (tertiary/aromatic N) is 2. The van der Waals surface area contributed by atoms with E-state index in [4.69, 9.17) is 0 Å². The minimum atomic E-state index is -0.0734. The van der Waals surface area contributed by atoms with Crippen LogP contribution in [0.5, 0.6) is 0 Å². The number of hydrogen-bond acceptors (Lipinski definition) is 2. The highest BCUT2D eigenvalue weighted by Crippen LogP contribution is 2.22. The van der Waals surface area contributed by atoms with Crippen LogP contribution in [0.15, 0.2) is 85.5 Å². The molecule has 0 fully saturated rings. The third kappa shape index (κ3) is 3.66. The molecule has 0 N–H and O–H groups in total. The van der Waals surface area contributed by atoms with Crippen molar-refractivity contribution in [3.8, 4) is 11.3 Å². The molecule has 1 amide bonds. The molecule has 0 radical (unpaired) electrons. The average Bonchev–Trinajstić information content (AvgIpc) is 2.67. The number of benzene rings is 2. The van der Waals surface area contributed by atoms with E-state index in [1.54, 1.807) is 11.0 Å². The van der Waals surface area contributed by atoms with Crippen LogP contribution in [0.4, 0.5) is 5.69 Å². The molecule has 0 aliphatic heterocycles. The second-order valence-corrected chi connectivity index (χ2v) is 5.74. The number of hydrogen-bond donors (Lipinski definition) is 0. The molecular weight excluding hydrogens is 308 g/mol. The number of carbonyl (C=O) groups excluding carboxylic acids is 1. The Hall–Kier alpha value is -3.20. The van der Waals surface area contributed by atoms with Gasteiger partial charge in [0, 0.05) is 17.8 Å². The first-order chi connectivity index (χ1) is 12.2. The molecule has 1 heterocycles. The summed E-state index contributed by atoms with van der Waals surface area (Å²) < 4.78 is 0. The van der Waals surface area contributed by atoms with Crippen LogP contribution >= 0.6 is 0 Å². The molecule has 25 heavy (non-hydrogen) atoms. The zero-order valence-corrected chi connectivity index (χ0v) is 14.2. The van der Waals surface area contributed by atoms with Crippen LogP contribution in [0.25, 0.3) is 11.3 Å². The average molecular weight is 328 g/mol. The summed E-state index contributed by atoms with van der Waals surface area (Å²) in [7, 11) is 0. The smallest absolute Gasteiger partial charge is 0.260 e. The number of rotatable bonds is 5. The standard InChI is InChI=1S/C22H20N2O/c1-3-16-24(19-12-8-5-9-13-19)22(25)20-14-15-21(23-17(20)2)18-10-6-4-7-11-18/h3-15H,1,16H2,2H3. The minimum absolute atomic E-state index is 0.0734. The van der Waals surface area contributed by atoms with Gasteiger partial charge >= 0.3 is 0 Å². The summed E-state index contributed by atoms with van der Waals surface area (Å²) in [5.74, 6) is -0.0734. The Morgan fingerprint density at radius 2 is 1.64 bits per heavy atom. The molecule has 0 unspecified atom stereocenters. The summed E-state index contributed by atoms with van der Waals surface area (Å²) in [5.41, 5.74) is 4.07. The van der Waals surface area contributed by atoms with Crippen LogP contribution < -0.4 is 4.90 Å². The molecule has 0 aliphatic rings. The lowest BCUT2D eigenvalue weighted by Gasteiger charge is -2.22. The van der Waals surface area contributed by atoms with E-state index in [1.165, 1.54) is 0 Å². The predicted molar refractivity (Wildman–Crippen MR) is 103 cm³/mol. The van der Waals surface area contributed by atoms with E-state index in [0.29, 0.717) is 12.1 Å². The van der Waals surface area contributed by atoms with Gasteiger partial charge in [-0.3, -0.25) is 9.78 Å². The summed E-state index contributed by atoms with van der Waals surface area (Å²) >= 11 is 0. The van der Waals surface area contributed by atoms with Crippen molar-refractivity contribution < 1.29 is 4.79 Å². The first kappa shape index (κ1) is 16.7. The van der Waals surface area contributed by atoms with Crippen molar-refractivity contribution >= 4 is 11.6 Å². The van der Waals surface area contributed by atoms with Crippen LogP contribution in [0, 0.1) is 6.92 Å². The minimum Gasteiger partial charge on any atom is -0.305 e. The van der Waals surface area contributed by atoms with Gasteiger partial charge in [0.15, 0.2) is 0 Å². The molecule has 0 saturated heterocycles. The zero-order chi connectivity index (χ0) is 17.6. The van der Waals surface area contributed by atoms with Gasteiger partial charge in [-0.1, -0.05) is 54.6 Å². The van der Waals surface area contributed by atoms with E-state index < -0.39 is 0 Å². The van der Waals surface area contributed by atoms with Gasteiger partial charge in [0.05, 0.1) is 17.0 Å². The highest BCUT2D eigenvalue weighted by Gasteiger charge is 2.19. The van der Waals surface area contributed by atoms with Crippen LogP contribution in [0.3, 0.4) is 0 Å². The Kier molecular flexibility index (Phi) is 5.05. The summed E-state index contributed by atoms with van der Waals surface area (Å²) in [6.45, 7) is 6.09. The molecule has 3 heteroatoms. The molecule has 3 nitrogen and oxygen atoms in total. The van der Waals surface area contributed by atoms with E-state index in [1.807, 2.05) is 79.7 Å². The molecule has 0 bridgehead atoms. The largest absolute Gasteiger partial charge is 0.305 e. The molecule has 0 saturated carbocycles. The van der Waals surface area contributed by atoms with Crippen molar-refractivity contribution in [2.45, 2.75) is 6.92 Å². The van der Waals surface area contributed by atoms with Crippen LogP contribution in [0.1, 0.15) is 16.1 Å². The van der Waals surface area contributed by atoms with Crippen LogP contribution in [0.2, 0.25) is 0 Å². The molecule has 0 aliphatic carbocycles. The Labute approximate surface area is 148 Å². The molecule has 3 rings (SSSR count). The van der Waals surface area contributed by atoms with Gasteiger partial charge in [-0.05, 0) is 31.2 Å². The number of para-hydroxylation sites is 1. The highest BCUT2D eigenvalue weighted by molar-refractivity contribution is 6.07. The molecular formula is C22H20N2O. The molecule has 0 atom stereocenters. The number of carbonyl (C=O) groups is 1. The van der Waals surface area contributed by atoms with Gasteiger partial charge in [0.1, 0.15) is 0 Å².